The molecule has 0 aliphatic carbocycles. The molecule has 0 aromatic heterocycles. The van der Waals surface area contributed by atoms with Crippen LogP contribution in [0.4, 0.5) is 0 Å². The third-order valence-corrected chi connectivity index (χ3v) is 6.03. The fourth-order valence-corrected chi connectivity index (χ4v) is 3.84. The summed E-state index contributed by atoms with van der Waals surface area (Å²) in [7, 11) is -3.55. The Morgan fingerprint density at radius 1 is 0.833 bits per heavy atom. The number of aryl methyl sites for hydroxylation is 1. The molecule has 0 spiro atoms. The number of hydrazine groups is 1. The summed E-state index contributed by atoms with van der Waals surface area (Å²) < 4.78 is 25.7. The van der Waals surface area contributed by atoms with Gasteiger partial charge in [0.15, 0.2) is 0 Å². The maximum atomic E-state index is 12.3. The van der Waals surface area contributed by atoms with Crippen LogP contribution in [-0.2, 0) is 10.0 Å². The highest BCUT2D eigenvalue weighted by Crippen LogP contribution is 2.15. The molecule has 1 aromatic rings. The van der Waals surface area contributed by atoms with E-state index in [9.17, 15) is 8.42 Å². The second-order valence-corrected chi connectivity index (χ2v) is 8.50. The molecule has 4 nitrogen and oxygen atoms in total. The van der Waals surface area contributed by atoms with Gasteiger partial charge in [0.05, 0.1) is 4.90 Å². The first-order valence-corrected chi connectivity index (χ1v) is 10.8. The Hall–Kier alpha value is -0.910. The normalized spacial score (nSPS) is 12.0. The highest BCUT2D eigenvalue weighted by Gasteiger charge is 2.20. The Morgan fingerprint density at radius 3 is 1.79 bits per heavy atom. The van der Waals surface area contributed by atoms with Crippen LogP contribution in [0, 0.1) is 6.92 Å². The molecule has 0 atom stereocenters. The van der Waals surface area contributed by atoms with Crippen molar-refractivity contribution >= 4 is 10.0 Å². The zero-order valence-corrected chi connectivity index (χ0v) is 16.2. The number of sulfonamides is 1. The highest BCUT2D eigenvalue weighted by molar-refractivity contribution is 7.89. The average molecular weight is 355 g/mol. The van der Waals surface area contributed by atoms with E-state index in [-0.39, 0.29) is 4.90 Å². The Morgan fingerprint density at radius 2 is 1.29 bits per heavy atom. The van der Waals surface area contributed by atoms with Crippen LogP contribution in [-0.4, -0.2) is 19.4 Å². The van der Waals surface area contributed by atoms with Crippen molar-refractivity contribution in [3.8, 4) is 0 Å². The lowest BCUT2D eigenvalue weighted by molar-refractivity contribution is 0.409. The van der Waals surface area contributed by atoms with Gasteiger partial charge in [-0.05, 0) is 25.5 Å². The van der Waals surface area contributed by atoms with E-state index >= 15 is 0 Å². The van der Waals surface area contributed by atoms with Crippen LogP contribution in [0.1, 0.15) is 76.7 Å². The highest BCUT2D eigenvalue weighted by atomic mass is 32.2. The summed E-state index contributed by atoms with van der Waals surface area (Å²) in [5.74, 6) is 5.78. The van der Waals surface area contributed by atoms with Crippen LogP contribution in [0.3, 0.4) is 0 Å². The quantitative estimate of drug-likeness (QED) is 0.315. The summed E-state index contributed by atoms with van der Waals surface area (Å²) in [6, 6.07) is 6.81. The molecule has 0 heterocycles. The molecule has 5 heteroatoms. The molecule has 1 rings (SSSR count). The van der Waals surface area contributed by atoms with Gasteiger partial charge in [-0.2, -0.15) is 0 Å². The van der Waals surface area contributed by atoms with Crippen LogP contribution in [0.25, 0.3) is 0 Å². The monoisotopic (exact) mass is 354 g/mol. The SMILES string of the molecule is CCCCCCCCCCCCN(N)S(=O)(=O)c1ccc(C)cc1. The second kappa shape index (κ2) is 11.6. The van der Waals surface area contributed by atoms with Crippen molar-refractivity contribution in [2.45, 2.75) is 83.0 Å². The standard InChI is InChI=1S/C19H34N2O2S/c1-3-4-5-6-7-8-9-10-11-12-17-21(20)24(22,23)19-15-13-18(2)14-16-19/h13-16H,3-12,17,20H2,1-2H3. The number of hydrogen-bond acceptors (Lipinski definition) is 3. The lowest BCUT2D eigenvalue weighted by Crippen LogP contribution is -2.38. The van der Waals surface area contributed by atoms with Gasteiger partial charge in [0.1, 0.15) is 0 Å². The lowest BCUT2D eigenvalue weighted by atomic mass is 10.1. The molecule has 0 amide bonds. The van der Waals surface area contributed by atoms with Crippen LogP contribution >= 0.6 is 0 Å². The van der Waals surface area contributed by atoms with Gasteiger partial charge >= 0.3 is 0 Å². The van der Waals surface area contributed by atoms with Crippen LogP contribution in [0.5, 0.6) is 0 Å². The summed E-state index contributed by atoms with van der Waals surface area (Å²) in [6.45, 7) is 4.55. The fraction of sp³-hybridized carbons (Fsp3) is 0.684. The van der Waals surface area contributed by atoms with E-state index in [2.05, 4.69) is 6.92 Å². The van der Waals surface area contributed by atoms with Gasteiger partial charge < -0.3 is 0 Å². The van der Waals surface area contributed by atoms with Gasteiger partial charge in [0, 0.05) is 6.54 Å². The largest absolute Gasteiger partial charge is 0.255 e. The zero-order valence-electron chi connectivity index (χ0n) is 15.3. The average Bonchev–Trinajstić information content (AvgIpc) is 2.56. The Kier molecular flexibility index (Phi) is 10.2. The first-order valence-electron chi connectivity index (χ1n) is 9.32. The molecule has 0 saturated heterocycles. The number of hydrogen-bond donors (Lipinski definition) is 1. The second-order valence-electron chi connectivity index (χ2n) is 6.61. The van der Waals surface area contributed by atoms with Gasteiger partial charge in [-0.25, -0.2) is 8.42 Å². The molecule has 138 valence electrons. The molecule has 0 aliphatic rings. The van der Waals surface area contributed by atoms with Crippen molar-refractivity contribution in [2.75, 3.05) is 6.54 Å². The predicted octanol–water partition coefficient (Wildman–Crippen LogP) is 4.78. The minimum Gasteiger partial charge on any atom is -0.255 e. The van der Waals surface area contributed by atoms with Gasteiger partial charge in [0.2, 0.25) is 0 Å². The minimum absolute atomic E-state index is 0.266. The molecule has 0 fully saturated rings. The number of benzene rings is 1. The Labute approximate surface area is 148 Å². The maximum absolute atomic E-state index is 12.3. The lowest BCUT2D eigenvalue weighted by Gasteiger charge is -2.16. The Balaban J connectivity index is 2.17. The van der Waals surface area contributed by atoms with Gasteiger partial charge in [-0.15, -0.1) is 4.41 Å². The van der Waals surface area contributed by atoms with Gasteiger partial charge in [-0.3, -0.25) is 5.84 Å². The minimum atomic E-state index is -3.55. The molecule has 24 heavy (non-hydrogen) atoms. The summed E-state index contributed by atoms with van der Waals surface area (Å²) >= 11 is 0. The first-order chi connectivity index (χ1) is 11.5. The molecule has 0 aliphatic heterocycles. The third-order valence-electron chi connectivity index (χ3n) is 4.36. The molecular weight excluding hydrogens is 320 g/mol. The van der Waals surface area contributed by atoms with E-state index in [0.717, 1.165) is 29.2 Å². The molecule has 1 aromatic carbocycles. The third kappa shape index (κ3) is 7.77. The molecule has 2 N–H and O–H groups in total. The van der Waals surface area contributed by atoms with E-state index in [0.29, 0.717) is 6.54 Å². The molecule has 0 bridgehead atoms. The van der Waals surface area contributed by atoms with Gasteiger partial charge in [-0.1, -0.05) is 82.4 Å². The zero-order chi connectivity index (χ0) is 17.8. The number of nitrogens with zero attached hydrogens (tertiary/aromatic N) is 1. The smallest absolute Gasteiger partial charge is 0.255 e. The van der Waals surface area contributed by atoms with Crippen molar-refractivity contribution in [1.82, 2.24) is 4.41 Å². The van der Waals surface area contributed by atoms with E-state index < -0.39 is 10.0 Å². The maximum Gasteiger partial charge on any atom is 0.255 e. The van der Waals surface area contributed by atoms with E-state index in [1.165, 1.54) is 44.9 Å². The molecule has 0 radical (unpaired) electrons. The van der Waals surface area contributed by atoms with Crippen LogP contribution in [0.15, 0.2) is 29.2 Å². The molecule has 0 unspecified atom stereocenters. The molecule has 0 saturated carbocycles. The summed E-state index contributed by atoms with van der Waals surface area (Å²) in [5, 5.41) is 0. The Bertz CT molecular complexity index is 541. The number of nitrogens with two attached hydrogens (primary N) is 1. The van der Waals surface area contributed by atoms with Crippen LogP contribution < -0.4 is 5.84 Å². The number of rotatable bonds is 13. The predicted molar refractivity (Wildman–Crippen MR) is 101 cm³/mol. The van der Waals surface area contributed by atoms with Crippen molar-refractivity contribution < 1.29 is 8.42 Å². The van der Waals surface area contributed by atoms with Crippen molar-refractivity contribution in [1.29, 1.82) is 0 Å². The van der Waals surface area contributed by atoms with E-state index in [1.54, 1.807) is 24.3 Å². The number of unbranched alkanes of at least 4 members (excludes halogenated alkanes) is 9. The summed E-state index contributed by atoms with van der Waals surface area (Å²) in [4.78, 5) is 0.266. The first kappa shape index (κ1) is 21.1. The van der Waals surface area contributed by atoms with Crippen LogP contribution in [0.2, 0.25) is 0 Å². The van der Waals surface area contributed by atoms with Crippen molar-refractivity contribution in [2.24, 2.45) is 5.84 Å². The topological polar surface area (TPSA) is 63.4 Å². The molecular formula is C19H34N2O2S. The van der Waals surface area contributed by atoms with Crippen molar-refractivity contribution in [3.63, 3.8) is 0 Å². The van der Waals surface area contributed by atoms with Gasteiger partial charge in [0.25, 0.3) is 10.0 Å². The summed E-state index contributed by atoms with van der Waals surface area (Å²) in [6.07, 6.45) is 12.2. The fourth-order valence-electron chi connectivity index (χ4n) is 2.72. The van der Waals surface area contributed by atoms with E-state index in [4.69, 9.17) is 5.84 Å². The van der Waals surface area contributed by atoms with Crippen molar-refractivity contribution in [3.05, 3.63) is 29.8 Å². The van der Waals surface area contributed by atoms with E-state index in [1.807, 2.05) is 6.92 Å². The summed E-state index contributed by atoms with van der Waals surface area (Å²) in [5.41, 5.74) is 1.03.